The zero-order valence-corrected chi connectivity index (χ0v) is 14.9. The normalized spacial score (nSPS) is 11.2. The van der Waals surface area contributed by atoms with Gasteiger partial charge in [-0.1, -0.05) is 12.1 Å². The van der Waals surface area contributed by atoms with Gasteiger partial charge in [-0.2, -0.15) is 5.10 Å². The molecule has 1 aromatic carbocycles. The lowest BCUT2D eigenvalue weighted by Crippen LogP contribution is -2.11. The average molecular weight is 345 g/mol. The van der Waals surface area contributed by atoms with E-state index in [1.54, 1.807) is 12.1 Å². The Morgan fingerprint density at radius 2 is 1.88 bits per heavy atom. The van der Waals surface area contributed by atoms with Crippen LogP contribution in [0.5, 0.6) is 0 Å². The summed E-state index contributed by atoms with van der Waals surface area (Å²) in [5.41, 5.74) is 12.4. The molecule has 0 bridgehead atoms. The molecule has 1 amide bonds. The van der Waals surface area contributed by atoms with Crippen molar-refractivity contribution >= 4 is 11.6 Å². The number of aryl methyl sites for hydroxylation is 3. The standard InChI is InChI=1S/C20H19N5O/c1-12-9-13(2)25(23-12)17-6-4-5-15(10-17)19-14(3)24-8-7-16(20(21)26)11-18(24)22-19/h4-11H,1-3H3,(H2,21,26). The minimum Gasteiger partial charge on any atom is -0.366 e. The van der Waals surface area contributed by atoms with Gasteiger partial charge in [-0.15, -0.1) is 0 Å². The van der Waals surface area contributed by atoms with E-state index in [1.807, 2.05) is 60.3 Å². The van der Waals surface area contributed by atoms with Gasteiger partial charge in [0.25, 0.3) is 0 Å². The van der Waals surface area contributed by atoms with Crippen LogP contribution in [0, 0.1) is 20.8 Å². The number of imidazole rings is 1. The maximum atomic E-state index is 11.4. The molecule has 0 saturated heterocycles. The molecule has 0 aliphatic heterocycles. The minimum atomic E-state index is -0.457. The molecule has 0 aliphatic rings. The fourth-order valence-corrected chi connectivity index (χ4v) is 3.27. The molecular formula is C20H19N5O. The van der Waals surface area contributed by atoms with Crippen molar-refractivity contribution in [3.05, 3.63) is 71.3 Å². The molecule has 0 atom stereocenters. The lowest BCUT2D eigenvalue weighted by Gasteiger charge is -2.07. The summed E-state index contributed by atoms with van der Waals surface area (Å²) >= 11 is 0. The predicted molar refractivity (Wildman–Crippen MR) is 100 cm³/mol. The number of carbonyl (C=O) groups excluding carboxylic acids is 1. The highest BCUT2D eigenvalue weighted by Gasteiger charge is 2.13. The number of nitrogens with zero attached hydrogens (tertiary/aromatic N) is 4. The van der Waals surface area contributed by atoms with E-state index in [0.29, 0.717) is 11.2 Å². The number of primary amides is 1. The van der Waals surface area contributed by atoms with E-state index in [0.717, 1.165) is 34.0 Å². The number of fused-ring (bicyclic) bond motifs is 1. The van der Waals surface area contributed by atoms with Crippen LogP contribution in [0.15, 0.2) is 48.7 Å². The van der Waals surface area contributed by atoms with Crippen LogP contribution >= 0.6 is 0 Å². The summed E-state index contributed by atoms with van der Waals surface area (Å²) in [7, 11) is 0. The molecule has 0 unspecified atom stereocenters. The molecule has 26 heavy (non-hydrogen) atoms. The molecule has 0 spiro atoms. The van der Waals surface area contributed by atoms with Gasteiger partial charge in [0, 0.05) is 28.7 Å². The first-order valence-electron chi connectivity index (χ1n) is 8.36. The van der Waals surface area contributed by atoms with Gasteiger partial charge in [0.15, 0.2) is 0 Å². The topological polar surface area (TPSA) is 78.2 Å². The summed E-state index contributed by atoms with van der Waals surface area (Å²) in [4.78, 5) is 16.1. The fourth-order valence-electron chi connectivity index (χ4n) is 3.27. The second-order valence-corrected chi connectivity index (χ2v) is 6.44. The molecule has 4 aromatic rings. The third-order valence-electron chi connectivity index (χ3n) is 4.52. The largest absolute Gasteiger partial charge is 0.366 e. The maximum absolute atomic E-state index is 11.4. The van der Waals surface area contributed by atoms with E-state index < -0.39 is 5.91 Å². The van der Waals surface area contributed by atoms with Crippen molar-refractivity contribution < 1.29 is 4.79 Å². The number of carbonyl (C=O) groups is 1. The Balaban J connectivity index is 1.85. The van der Waals surface area contributed by atoms with Crippen LogP contribution in [0.4, 0.5) is 0 Å². The Morgan fingerprint density at radius 1 is 1.08 bits per heavy atom. The summed E-state index contributed by atoms with van der Waals surface area (Å²) < 4.78 is 3.88. The van der Waals surface area contributed by atoms with Crippen LogP contribution in [0.2, 0.25) is 0 Å². The maximum Gasteiger partial charge on any atom is 0.248 e. The number of amides is 1. The monoisotopic (exact) mass is 345 g/mol. The molecule has 3 heterocycles. The Morgan fingerprint density at radius 3 is 2.58 bits per heavy atom. The van der Waals surface area contributed by atoms with E-state index in [9.17, 15) is 4.79 Å². The van der Waals surface area contributed by atoms with E-state index in [-0.39, 0.29) is 0 Å². The quantitative estimate of drug-likeness (QED) is 0.619. The van der Waals surface area contributed by atoms with Crippen molar-refractivity contribution in [1.82, 2.24) is 19.2 Å². The van der Waals surface area contributed by atoms with Gasteiger partial charge in [0.2, 0.25) is 5.91 Å². The Kier molecular flexibility index (Phi) is 3.61. The molecular weight excluding hydrogens is 326 g/mol. The smallest absolute Gasteiger partial charge is 0.248 e. The molecule has 0 saturated carbocycles. The zero-order valence-electron chi connectivity index (χ0n) is 14.9. The summed E-state index contributed by atoms with van der Waals surface area (Å²) in [5.74, 6) is -0.457. The van der Waals surface area contributed by atoms with E-state index in [2.05, 4.69) is 11.2 Å². The number of benzene rings is 1. The summed E-state index contributed by atoms with van der Waals surface area (Å²) in [6.45, 7) is 6.03. The van der Waals surface area contributed by atoms with Gasteiger partial charge in [0.1, 0.15) is 5.65 Å². The van der Waals surface area contributed by atoms with Crippen molar-refractivity contribution in [3.8, 4) is 16.9 Å². The molecule has 130 valence electrons. The lowest BCUT2D eigenvalue weighted by molar-refractivity contribution is 0.1000. The minimum absolute atomic E-state index is 0.449. The molecule has 6 nitrogen and oxygen atoms in total. The van der Waals surface area contributed by atoms with Crippen molar-refractivity contribution in [1.29, 1.82) is 0 Å². The highest BCUT2D eigenvalue weighted by atomic mass is 16.1. The molecule has 0 radical (unpaired) electrons. The first kappa shape index (κ1) is 16.1. The van der Waals surface area contributed by atoms with E-state index >= 15 is 0 Å². The third-order valence-corrected chi connectivity index (χ3v) is 4.52. The van der Waals surface area contributed by atoms with Gasteiger partial charge in [-0.25, -0.2) is 9.67 Å². The highest BCUT2D eigenvalue weighted by molar-refractivity contribution is 5.93. The Bertz CT molecular complexity index is 1150. The molecule has 2 N–H and O–H groups in total. The van der Waals surface area contributed by atoms with E-state index in [1.165, 1.54) is 0 Å². The number of hydrogen-bond acceptors (Lipinski definition) is 3. The Hall–Kier alpha value is -3.41. The van der Waals surface area contributed by atoms with Gasteiger partial charge >= 0.3 is 0 Å². The van der Waals surface area contributed by atoms with Crippen LogP contribution < -0.4 is 5.73 Å². The van der Waals surface area contributed by atoms with Crippen molar-refractivity contribution in [2.75, 3.05) is 0 Å². The number of rotatable bonds is 3. The first-order valence-corrected chi connectivity index (χ1v) is 8.36. The molecule has 6 heteroatoms. The summed E-state index contributed by atoms with van der Waals surface area (Å²) in [6, 6.07) is 13.6. The van der Waals surface area contributed by atoms with Gasteiger partial charge < -0.3 is 10.1 Å². The van der Waals surface area contributed by atoms with Crippen LogP contribution in [-0.4, -0.2) is 25.1 Å². The second kappa shape index (κ2) is 5.84. The molecule has 0 aliphatic carbocycles. The zero-order chi connectivity index (χ0) is 18.4. The van der Waals surface area contributed by atoms with Crippen molar-refractivity contribution in [2.24, 2.45) is 5.73 Å². The fraction of sp³-hybridized carbons (Fsp3) is 0.150. The lowest BCUT2D eigenvalue weighted by atomic mass is 10.1. The SMILES string of the molecule is Cc1cc(C)n(-c2cccc(-c3nc4cc(C(N)=O)ccn4c3C)c2)n1. The molecule has 0 fully saturated rings. The van der Waals surface area contributed by atoms with Gasteiger partial charge in [0.05, 0.1) is 17.1 Å². The van der Waals surface area contributed by atoms with Crippen LogP contribution in [0.25, 0.3) is 22.6 Å². The third kappa shape index (κ3) is 2.56. The Labute approximate surface area is 150 Å². The van der Waals surface area contributed by atoms with Gasteiger partial charge in [-0.05, 0) is 51.1 Å². The predicted octanol–water partition coefficient (Wildman–Crippen LogP) is 3.21. The number of hydrogen-bond donors (Lipinski definition) is 1. The van der Waals surface area contributed by atoms with Crippen LogP contribution in [-0.2, 0) is 0 Å². The molecule has 4 rings (SSSR count). The highest BCUT2D eigenvalue weighted by Crippen LogP contribution is 2.26. The second-order valence-electron chi connectivity index (χ2n) is 6.44. The number of pyridine rings is 1. The van der Waals surface area contributed by atoms with Crippen molar-refractivity contribution in [2.45, 2.75) is 20.8 Å². The van der Waals surface area contributed by atoms with Gasteiger partial charge in [-0.3, -0.25) is 4.79 Å². The van der Waals surface area contributed by atoms with Crippen LogP contribution in [0.1, 0.15) is 27.4 Å². The van der Waals surface area contributed by atoms with Crippen molar-refractivity contribution in [3.63, 3.8) is 0 Å². The van der Waals surface area contributed by atoms with Crippen LogP contribution in [0.3, 0.4) is 0 Å². The van der Waals surface area contributed by atoms with E-state index in [4.69, 9.17) is 10.7 Å². The number of aromatic nitrogens is 4. The average Bonchev–Trinajstić information content (AvgIpc) is 3.13. The number of nitrogens with two attached hydrogens (primary N) is 1. The summed E-state index contributed by atoms with van der Waals surface area (Å²) in [6.07, 6.45) is 1.83. The summed E-state index contributed by atoms with van der Waals surface area (Å²) in [5, 5.41) is 4.55. The molecule has 3 aromatic heterocycles. The first-order chi connectivity index (χ1) is 12.4.